The Balaban J connectivity index is 1.52. The summed E-state index contributed by atoms with van der Waals surface area (Å²) in [6, 6.07) is 0.420. The molecule has 1 spiro atoms. The fraction of sp³-hybridized carbons (Fsp3) is 0.667. The van der Waals surface area contributed by atoms with Crippen LogP contribution in [-0.4, -0.2) is 71.0 Å². The van der Waals surface area contributed by atoms with Gasteiger partial charge in [-0.3, -0.25) is 9.80 Å². The van der Waals surface area contributed by atoms with Crippen molar-refractivity contribution in [1.29, 1.82) is 0 Å². The van der Waals surface area contributed by atoms with Gasteiger partial charge < -0.3 is 10.2 Å². The predicted octanol–water partition coefficient (Wildman–Crippen LogP) is 4.63. The second kappa shape index (κ2) is 11.1. The van der Waals surface area contributed by atoms with Gasteiger partial charge in [-0.05, 0) is 70.3 Å². The van der Waals surface area contributed by atoms with Crippen molar-refractivity contribution in [1.82, 2.24) is 9.80 Å². The predicted molar refractivity (Wildman–Crippen MR) is 139 cm³/mol. The molecule has 6 bridgehead atoms. The molecule has 2 saturated heterocycles. The summed E-state index contributed by atoms with van der Waals surface area (Å²) < 4.78 is 0. The van der Waals surface area contributed by atoms with Crippen LogP contribution in [0.1, 0.15) is 57.8 Å². The number of piperidine rings is 2. The van der Waals surface area contributed by atoms with Crippen LogP contribution in [0.5, 0.6) is 0 Å². The molecular formula is C30H44N2O2. The van der Waals surface area contributed by atoms with Crippen LogP contribution in [0.3, 0.4) is 0 Å². The summed E-state index contributed by atoms with van der Waals surface area (Å²) in [5, 5.41) is 22.3. The Morgan fingerprint density at radius 2 is 1.62 bits per heavy atom. The standard InChI is InChI=1S/C30H44N2O2/c33-26-16-12-8-4-2-1-3-7-11-15-24-19-25-20-32-18-14-10-6-5-9-13-17-30(29(24)32)23-31(21-26)22-27(34)28(25)30/h2-5,7,9,12,16,19,25-29,33-34H,1,6,8,10-11,13-15,17-18,20-23H2/t25-,26+,27-,28+,29-,30-/m1/s1. The number of aliphatic hydroxyl groups is 2. The number of allylic oxidation sites excluding steroid dienone is 7. The van der Waals surface area contributed by atoms with E-state index in [1.54, 1.807) is 5.57 Å². The van der Waals surface area contributed by atoms with Crippen LogP contribution >= 0.6 is 0 Å². The maximum Gasteiger partial charge on any atom is 0.0847 e. The van der Waals surface area contributed by atoms with Gasteiger partial charge in [0, 0.05) is 43.6 Å². The van der Waals surface area contributed by atoms with E-state index in [2.05, 4.69) is 58.4 Å². The molecule has 0 aromatic carbocycles. The summed E-state index contributed by atoms with van der Waals surface area (Å²) in [6.45, 7) is 4.56. The number of hydrogen-bond acceptors (Lipinski definition) is 4. The highest BCUT2D eigenvalue weighted by molar-refractivity contribution is 5.31. The van der Waals surface area contributed by atoms with E-state index in [9.17, 15) is 10.2 Å². The molecule has 2 fully saturated rings. The van der Waals surface area contributed by atoms with Gasteiger partial charge >= 0.3 is 0 Å². The molecule has 6 rings (SSSR count). The van der Waals surface area contributed by atoms with Gasteiger partial charge in [-0.2, -0.15) is 0 Å². The van der Waals surface area contributed by atoms with Crippen molar-refractivity contribution in [3.05, 3.63) is 60.3 Å². The highest BCUT2D eigenvalue weighted by Crippen LogP contribution is 2.57. The molecule has 0 saturated carbocycles. The Kier molecular flexibility index (Phi) is 7.90. The van der Waals surface area contributed by atoms with Gasteiger partial charge in [-0.25, -0.2) is 0 Å². The summed E-state index contributed by atoms with van der Waals surface area (Å²) in [4.78, 5) is 5.18. The largest absolute Gasteiger partial charge is 0.391 e. The second-order valence-corrected chi connectivity index (χ2v) is 11.3. The van der Waals surface area contributed by atoms with E-state index in [4.69, 9.17) is 0 Å². The molecule has 2 unspecified atom stereocenters. The zero-order valence-corrected chi connectivity index (χ0v) is 20.8. The van der Waals surface area contributed by atoms with Crippen molar-refractivity contribution in [3.63, 3.8) is 0 Å². The lowest BCUT2D eigenvalue weighted by Gasteiger charge is -2.65. The minimum absolute atomic E-state index is 0.0575. The average Bonchev–Trinajstić information content (AvgIpc) is 2.83. The zero-order chi connectivity index (χ0) is 23.4. The van der Waals surface area contributed by atoms with Crippen LogP contribution in [0.25, 0.3) is 0 Å². The molecule has 0 aromatic rings. The summed E-state index contributed by atoms with van der Waals surface area (Å²) in [5.74, 6) is 0.776. The van der Waals surface area contributed by atoms with Crippen molar-refractivity contribution in [2.45, 2.75) is 76.0 Å². The van der Waals surface area contributed by atoms with Crippen LogP contribution in [0.2, 0.25) is 0 Å². The minimum Gasteiger partial charge on any atom is -0.391 e. The Bertz CT molecular complexity index is 843. The average molecular weight is 465 g/mol. The molecule has 5 heterocycles. The monoisotopic (exact) mass is 464 g/mol. The first kappa shape index (κ1) is 24.2. The van der Waals surface area contributed by atoms with Crippen LogP contribution < -0.4 is 0 Å². The van der Waals surface area contributed by atoms with Crippen molar-refractivity contribution >= 4 is 0 Å². The smallest absolute Gasteiger partial charge is 0.0847 e. The van der Waals surface area contributed by atoms with Crippen molar-refractivity contribution < 1.29 is 10.2 Å². The quantitative estimate of drug-likeness (QED) is 0.513. The van der Waals surface area contributed by atoms with Crippen LogP contribution in [0.4, 0.5) is 0 Å². The molecule has 186 valence electrons. The third-order valence-electron chi connectivity index (χ3n) is 8.93. The molecule has 8 atom stereocenters. The SMILES string of the molecule is O[C@@H]1CN2C[C@@H](O)C=CCC=CCC=CCCC3=C[C@@H]4CN5CCCCC=CCC[C@@](C2)([C@H]14)[C@@H]35. The first-order valence-corrected chi connectivity index (χ1v) is 13.8. The van der Waals surface area contributed by atoms with E-state index < -0.39 is 6.10 Å². The highest BCUT2D eigenvalue weighted by atomic mass is 16.3. The summed E-state index contributed by atoms with van der Waals surface area (Å²) in [7, 11) is 0. The molecule has 5 aliphatic heterocycles. The van der Waals surface area contributed by atoms with Crippen LogP contribution in [-0.2, 0) is 0 Å². The second-order valence-electron chi connectivity index (χ2n) is 11.3. The Morgan fingerprint density at radius 3 is 2.53 bits per heavy atom. The Hall–Kier alpha value is -1.46. The molecule has 0 aromatic heterocycles. The van der Waals surface area contributed by atoms with Gasteiger partial charge in [-0.1, -0.05) is 60.3 Å². The molecule has 34 heavy (non-hydrogen) atoms. The van der Waals surface area contributed by atoms with E-state index in [1.807, 2.05) is 6.08 Å². The van der Waals surface area contributed by atoms with E-state index in [0.717, 1.165) is 51.6 Å². The lowest BCUT2D eigenvalue weighted by molar-refractivity contribution is -0.162. The third kappa shape index (κ3) is 5.06. The molecule has 0 radical (unpaired) electrons. The Labute approximate surface area is 206 Å². The molecule has 4 nitrogen and oxygen atoms in total. The topological polar surface area (TPSA) is 46.9 Å². The molecule has 2 N–H and O–H groups in total. The van der Waals surface area contributed by atoms with Gasteiger partial charge in [0.1, 0.15) is 0 Å². The number of fused-ring (bicyclic) bond motifs is 1. The normalized spacial score (nSPS) is 43.2. The van der Waals surface area contributed by atoms with E-state index in [-0.39, 0.29) is 11.5 Å². The van der Waals surface area contributed by atoms with Gasteiger partial charge in [0.25, 0.3) is 0 Å². The lowest BCUT2D eigenvalue weighted by Crippen LogP contribution is -2.72. The van der Waals surface area contributed by atoms with Crippen molar-refractivity contribution in [3.8, 4) is 0 Å². The fourth-order valence-electron chi connectivity index (χ4n) is 7.81. The molecular weight excluding hydrogens is 420 g/mol. The number of rotatable bonds is 0. The van der Waals surface area contributed by atoms with Crippen molar-refractivity contribution in [2.24, 2.45) is 17.3 Å². The van der Waals surface area contributed by atoms with Crippen LogP contribution in [0.15, 0.2) is 60.3 Å². The van der Waals surface area contributed by atoms with Crippen LogP contribution in [0, 0.1) is 17.3 Å². The van der Waals surface area contributed by atoms with E-state index >= 15 is 0 Å². The molecule has 4 heteroatoms. The van der Waals surface area contributed by atoms with E-state index in [0.29, 0.717) is 31.0 Å². The van der Waals surface area contributed by atoms with Gasteiger partial charge in [-0.15, -0.1) is 0 Å². The van der Waals surface area contributed by atoms with Gasteiger partial charge in [0.15, 0.2) is 0 Å². The first-order valence-electron chi connectivity index (χ1n) is 13.8. The maximum absolute atomic E-state index is 11.6. The number of nitrogens with zero attached hydrogens (tertiary/aromatic N) is 2. The number of hydrogen-bond donors (Lipinski definition) is 2. The van der Waals surface area contributed by atoms with E-state index in [1.165, 1.54) is 25.8 Å². The van der Waals surface area contributed by atoms with Gasteiger partial charge in [0.05, 0.1) is 12.2 Å². The highest BCUT2D eigenvalue weighted by Gasteiger charge is 2.61. The minimum atomic E-state index is -0.487. The Morgan fingerprint density at radius 1 is 0.824 bits per heavy atom. The summed E-state index contributed by atoms with van der Waals surface area (Å²) in [6.07, 6.45) is 29.6. The van der Waals surface area contributed by atoms with Gasteiger partial charge in [0.2, 0.25) is 0 Å². The fourth-order valence-corrected chi connectivity index (χ4v) is 7.81. The maximum atomic E-state index is 11.6. The molecule has 6 aliphatic rings. The lowest BCUT2D eigenvalue weighted by atomic mass is 9.51. The first-order chi connectivity index (χ1) is 16.7. The molecule has 0 amide bonds. The zero-order valence-electron chi connectivity index (χ0n) is 20.8. The summed E-state index contributed by atoms with van der Waals surface area (Å²) >= 11 is 0. The third-order valence-corrected chi connectivity index (χ3v) is 8.93. The number of aliphatic hydroxyl groups excluding tert-OH is 2. The summed E-state index contributed by atoms with van der Waals surface area (Å²) in [5.41, 5.74) is 1.68. The van der Waals surface area contributed by atoms with Crippen molar-refractivity contribution in [2.75, 3.05) is 32.7 Å². The molecule has 1 aliphatic carbocycles.